The number of amides is 2. The fraction of sp³-hybridized carbons (Fsp3) is 0.600. The van der Waals surface area contributed by atoms with Gasteiger partial charge in [0.05, 0.1) is 5.92 Å². The molecule has 0 N–H and O–H groups in total. The minimum atomic E-state index is -0.146. The van der Waals surface area contributed by atoms with Gasteiger partial charge in [-0.1, -0.05) is 44.2 Å². The molecule has 0 saturated carbocycles. The summed E-state index contributed by atoms with van der Waals surface area (Å²) in [5, 5.41) is 0. The van der Waals surface area contributed by atoms with Crippen molar-refractivity contribution in [2.75, 3.05) is 26.2 Å². The number of carbonyl (C=O) groups excluding carboxylic acids is 2. The van der Waals surface area contributed by atoms with Crippen molar-refractivity contribution in [1.29, 1.82) is 0 Å². The Bertz CT molecular complexity index is 524. The molecule has 0 bridgehead atoms. The smallest absolute Gasteiger partial charge is 0.227 e. The average molecular weight is 330 g/mol. The van der Waals surface area contributed by atoms with Gasteiger partial charge in [0, 0.05) is 32.6 Å². The number of rotatable bonds is 9. The van der Waals surface area contributed by atoms with Crippen LogP contribution in [0.25, 0.3) is 0 Å². The van der Waals surface area contributed by atoms with Crippen LogP contribution in [0.2, 0.25) is 0 Å². The van der Waals surface area contributed by atoms with Crippen molar-refractivity contribution < 1.29 is 9.59 Å². The fourth-order valence-corrected chi connectivity index (χ4v) is 3.40. The fourth-order valence-electron chi connectivity index (χ4n) is 3.40. The molecular weight excluding hydrogens is 300 g/mol. The molecule has 0 aliphatic carbocycles. The van der Waals surface area contributed by atoms with Gasteiger partial charge in [0.1, 0.15) is 0 Å². The van der Waals surface area contributed by atoms with Gasteiger partial charge in [0.2, 0.25) is 11.8 Å². The van der Waals surface area contributed by atoms with Gasteiger partial charge in [-0.15, -0.1) is 0 Å². The van der Waals surface area contributed by atoms with E-state index in [1.54, 1.807) is 0 Å². The molecule has 0 aromatic heterocycles. The summed E-state index contributed by atoms with van der Waals surface area (Å²) in [6, 6.07) is 10.3. The van der Waals surface area contributed by atoms with Crippen molar-refractivity contribution in [2.45, 2.75) is 46.0 Å². The molecule has 2 amide bonds. The first-order valence-electron chi connectivity index (χ1n) is 9.26. The molecule has 1 aromatic carbocycles. The molecule has 1 saturated heterocycles. The number of benzene rings is 1. The van der Waals surface area contributed by atoms with Crippen LogP contribution in [-0.4, -0.2) is 47.8 Å². The standard InChI is InChI=1S/C20H30N2O2/c1-3-12-21(13-4-2)20(24)18-15-19(23)22(16-18)14-8-11-17-9-6-5-7-10-17/h5-7,9-10,18H,3-4,8,11-16H2,1-2H3. The van der Waals surface area contributed by atoms with Crippen LogP contribution in [0.3, 0.4) is 0 Å². The Morgan fingerprint density at radius 3 is 2.46 bits per heavy atom. The number of likely N-dealkylation sites (tertiary alicyclic amines) is 1. The molecule has 24 heavy (non-hydrogen) atoms. The second-order valence-electron chi connectivity index (χ2n) is 6.66. The van der Waals surface area contributed by atoms with Crippen molar-refractivity contribution in [3.8, 4) is 0 Å². The Kier molecular flexibility index (Phi) is 7.29. The summed E-state index contributed by atoms with van der Waals surface area (Å²) in [6.07, 6.45) is 4.24. The van der Waals surface area contributed by atoms with Crippen LogP contribution in [0.1, 0.15) is 45.1 Å². The Hall–Kier alpha value is -1.84. The summed E-state index contributed by atoms with van der Waals surface area (Å²) < 4.78 is 0. The summed E-state index contributed by atoms with van der Waals surface area (Å²) in [7, 11) is 0. The third-order valence-electron chi connectivity index (χ3n) is 4.60. The molecule has 4 heteroatoms. The van der Waals surface area contributed by atoms with E-state index in [4.69, 9.17) is 0 Å². The molecule has 1 atom stereocenters. The molecule has 1 unspecified atom stereocenters. The van der Waals surface area contributed by atoms with Crippen LogP contribution in [0, 0.1) is 5.92 Å². The van der Waals surface area contributed by atoms with Gasteiger partial charge in [-0.25, -0.2) is 0 Å². The molecule has 1 aliphatic rings. The van der Waals surface area contributed by atoms with Crippen molar-refractivity contribution in [1.82, 2.24) is 9.80 Å². The van der Waals surface area contributed by atoms with E-state index in [1.807, 2.05) is 28.0 Å². The lowest BCUT2D eigenvalue weighted by molar-refractivity contribution is -0.136. The minimum absolute atomic E-state index is 0.134. The largest absolute Gasteiger partial charge is 0.342 e. The van der Waals surface area contributed by atoms with Gasteiger partial charge >= 0.3 is 0 Å². The monoisotopic (exact) mass is 330 g/mol. The van der Waals surface area contributed by atoms with Crippen molar-refractivity contribution in [3.63, 3.8) is 0 Å². The SMILES string of the molecule is CCCN(CCC)C(=O)C1CC(=O)N(CCCc2ccccc2)C1. The van der Waals surface area contributed by atoms with E-state index in [9.17, 15) is 9.59 Å². The predicted molar refractivity (Wildman–Crippen MR) is 96.6 cm³/mol. The lowest BCUT2D eigenvalue weighted by Crippen LogP contribution is -2.38. The highest BCUT2D eigenvalue weighted by molar-refractivity contribution is 5.89. The van der Waals surface area contributed by atoms with Crippen LogP contribution in [0.4, 0.5) is 0 Å². The lowest BCUT2D eigenvalue weighted by Gasteiger charge is -2.24. The molecular formula is C20H30N2O2. The highest BCUT2D eigenvalue weighted by Gasteiger charge is 2.35. The van der Waals surface area contributed by atoms with E-state index < -0.39 is 0 Å². The van der Waals surface area contributed by atoms with Crippen molar-refractivity contribution in [3.05, 3.63) is 35.9 Å². The summed E-state index contributed by atoms with van der Waals surface area (Å²) in [4.78, 5) is 28.7. The van der Waals surface area contributed by atoms with E-state index in [1.165, 1.54) is 5.56 Å². The van der Waals surface area contributed by atoms with Gasteiger partial charge < -0.3 is 9.80 Å². The van der Waals surface area contributed by atoms with Crippen molar-refractivity contribution >= 4 is 11.8 Å². The Labute approximate surface area is 145 Å². The van der Waals surface area contributed by atoms with E-state index in [2.05, 4.69) is 26.0 Å². The zero-order valence-electron chi connectivity index (χ0n) is 15.0. The number of hydrogen-bond donors (Lipinski definition) is 0. The molecule has 4 nitrogen and oxygen atoms in total. The van der Waals surface area contributed by atoms with Crippen LogP contribution in [0.5, 0.6) is 0 Å². The lowest BCUT2D eigenvalue weighted by atomic mass is 10.1. The Balaban J connectivity index is 1.82. The second-order valence-corrected chi connectivity index (χ2v) is 6.66. The minimum Gasteiger partial charge on any atom is -0.342 e. The van der Waals surface area contributed by atoms with Gasteiger partial charge in [0.25, 0.3) is 0 Å². The van der Waals surface area contributed by atoms with E-state index in [0.29, 0.717) is 13.0 Å². The summed E-state index contributed by atoms with van der Waals surface area (Å²) >= 11 is 0. The van der Waals surface area contributed by atoms with E-state index in [-0.39, 0.29) is 17.7 Å². The average Bonchev–Trinajstić information content (AvgIpc) is 2.96. The van der Waals surface area contributed by atoms with Crippen LogP contribution in [0.15, 0.2) is 30.3 Å². The highest BCUT2D eigenvalue weighted by atomic mass is 16.2. The molecule has 0 radical (unpaired) electrons. The first kappa shape index (κ1) is 18.5. The Morgan fingerprint density at radius 2 is 1.83 bits per heavy atom. The normalized spacial score (nSPS) is 17.3. The third kappa shape index (κ3) is 5.08. The topological polar surface area (TPSA) is 40.6 Å². The summed E-state index contributed by atoms with van der Waals surface area (Å²) in [5.41, 5.74) is 1.30. The zero-order valence-corrected chi connectivity index (χ0v) is 15.0. The van der Waals surface area contributed by atoms with E-state index >= 15 is 0 Å². The summed E-state index contributed by atoms with van der Waals surface area (Å²) in [5.74, 6) is 0.152. The number of carbonyl (C=O) groups is 2. The molecule has 2 rings (SSSR count). The maximum Gasteiger partial charge on any atom is 0.227 e. The molecule has 1 heterocycles. The van der Waals surface area contributed by atoms with Crippen molar-refractivity contribution in [2.24, 2.45) is 5.92 Å². The third-order valence-corrected chi connectivity index (χ3v) is 4.60. The maximum atomic E-state index is 12.7. The van der Waals surface area contributed by atoms with Crippen LogP contribution >= 0.6 is 0 Å². The van der Waals surface area contributed by atoms with Gasteiger partial charge in [-0.05, 0) is 31.2 Å². The number of nitrogens with zero attached hydrogens (tertiary/aromatic N) is 2. The van der Waals surface area contributed by atoms with Gasteiger partial charge in [-0.2, -0.15) is 0 Å². The van der Waals surface area contributed by atoms with E-state index in [0.717, 1.165) is 45.3 Å². The number of aryl methyl sites for hydroxylation is 1. The summed E-state index contributed by atoms with van der Waals surface area (Å²) in [6.45, 7) is 7.11. The molecule has 1 fully saturated rings. The number of hydrogen-bond acceptors (Lipinski definition) is 2. The quantitative estimate of drug-likeness (QED) is 0.698. The van der Waals surface area contributed by atoms with Crippen LogP contribution in [-0.2, 0) is 16.0 Å². The zero-order chi connectivity index (χ0) is 17.4. The first-order chi connectivity index (χ1) is 11.7. The predicted octanol–water partition coefficient (Wildman–Crippen LogP) is 3.12. The molecule has 0 spiro atoms. The first-order valence-corrected chi connectivity index (χ1v) is 9.26. The highest BCUT2D eigenvalue weighted by Crippen LogP contribution is 2.21. The molecule has 132 valence electrons. The maximum absolute atomic E-state index is 12.7. The molecule has 1 aliphatic heterocycles. The Morgan fingerprint density at radius 1 is 1.17 bits per heavy atom. The van der Waals surface area contributed by atoms with Crippen LogP contribution < -0.4 is 0 Å². The second kappa shape index (κ2) is 9.45. The molecule has 1 aromatic rings. The van der Waals surface area contributed by atoms with Gasteiger partial charge in [-0.3, -0.25) is 9.59 Å². The van der Waals surface area contributed by atoms with Gasteiger partial charge in [0.15, 0.2) is 0 Å².